The van der Waals surface area contributed by atoms with Crippen molar-refractivity contribution in [2.24, 2.45) is 0 Å². The molecule has 0 aliphatic heterocycles. The Labute approximate surface area is 89.7 Å². The third kappa shape index (κ3) is 3.25. The van der Waals surface area contributed by atoms with Gasteiger partial charge in [-0.05, 0) is 31.5 Å². The number of nitriles is 1. The molecule has 0 saturated carbocycles. The van der Waals surface area contributed by atoms with Crippen LogP contribution in [0, 0.1) is 17.1 Å². The molecule has 80 valence electrons. The fourth-order valence-corrected chi connectivity index (χ4v) is 1.49. The van der Waals surface area contributed by atoms with E-state index in [2.05, 4.69) is 19.2 Å². The number of hydrogen-bond donors (Lipinski definition) is 1. The molecular formula is C12H15FN2. The van der Waals surface area contributed by atoms with Gasteiger partial charge in [0.15, 0.2) is 0 Å². The summed E-state index contributed by atoms with van der Waals surface area (Å²) in [4.78, 5) is 0. The molecule has 0 amide bonds. The van der Waals surface area contributed by atoms with Crippen molar-refractivity contribution in [2.75, 3.05) is 5.32 Å². The normalized spacial score (nSPS) is 11.9. The van der Waals surface area contributed by atoms with Gasteiger partial charge in [-0.2, -0.15) is 5.26 Å². The Hall–Kier alpha value is -1.56. The van der Waals surface area contributed by atoms with Crippen molar-refractivity contribution in [1.82, 2.24) is 0 Å². The van der Waals surface area contributed by atoms with Gasteiger partial charge in [-0.25, -0.2) is 4.39 Å². The molecule has 1 aromatic rings. The molecule has 0 radical (unpaired) electrons. The second-order valence-electron chi connectivity index (χ2n) is 3.64. The average molecular weight is 206 g/mol. The smallest absolute Gasteiger partial charge is 0.141 e. The van der Waals surface area contributed by atoms with Crippen LogP contribution >= 0.6 is 0 Å². The van der Waals surface area contributed by atoms with Gasteiger partial charge < -0.3 is 5.32 Å². The van der Waals surface area contributed by atoms with Crippen molar-refractivity contribution in [2.45, 2.75) is 32.7 Å². The molecule has 1 N–H and O–H groups in total. The van der Waals surface area contributed by atoms with Crippen LogP contribution in [-0.2, 0) is 0 Å². The van der Waals surface area contributed by atoms with Crippen molar-refractivity contribution in [1.29, 1.82) is 5.26 Å². The second-order valence-corrected chi connectivity index (χ2v) is 3.64. The lowest BCUT2D eigenvalue weighted by molar-refractivity contribution is 0.623. The average Bonchev–Trinajstić information content (AvgIpc) is 2.21. The van der Waals surface area contributed by atoms with Gasteiger partial charge in [-0.1, -0.05) is 13.3 Å². The van der Waals surface area contributed by atoms with E-state index in [-0.39, 0.29) is 5.56 Å². The van der Waals surface area contributed by atoms with Crippen LogP contribution in [0.15, 0.2) is 18.2 Å². The number of halogens is 1. The summed E-state index contributed by atoms with van der Waals surface area (Å²) in [6.45, 7) is 4.18. The van der Waals surface area contributed by atoms with E-state index in [9.17, 15) is 4.39 Å². The van der Waals surface area contributed by atoms with E-state index in [4.69, 9.17) is 5.26 Å². The summed E-state index contributed by atoms with van der Waals surface area (Å²) >= 11 is 0. The van der Waals surface area contributed by atoms with Crippen LogP contribution in [0.5, 0.6) is 0 Å². The largest absolute Gasteiger partial charge is 0.383 e. The van der Waals surface area contributed by atoms with Crippen LogP contribution in [0.1, 0.15) is 32.3 Å². The molecule has 3 heteroatoms. The summed E-state index contributed by atoms with van der Waals surface area (Å²) in [7, 11) is 0. The Morgan fingerprint density at radius 2 is 2.27 bits per heavy atom. The van der Waals surface area contributed by atoms with E-state index in [1.807, 2.05) is 6.07 Å². The van der Waals surface area contributed by atoms with Gasteiger partial charge in [0, 0.05) is 11.7 Å². The molecule has 0 fully saturated rings. The van der Waals surface area contributed by atoms with Gasteiger partial charge in [-0.3, -0.25) is 0 Å². The van der Waals surface area contributed by atoms with Crippen LogP contribution in [0.25, 0.3) is 0 Å². The molecule has 1 aromatic carbocycles. The predicted molar refractivity (Wildman–Crippen MR) is 59.1 cm³/mol. The van der Waals surface area contributed by atoms with E-state index in [0.29, 0.717) is 6.04 Å². The van der Waals surface area contributed by atoms with Gasteiger partial charge in [0.2, 0.25) is 0 Å². The molecule has 0 aliphatic rings. The fraction of sp³-hybridized carbons (Fsp3) is 0.417. The summed E-state index contributed by atoms with van der Waals surface area (Å²) in [5.41, 5.74) is 0.887. The highest BCUT2D eigenvalue weighted by molar-refractivity contribution is 5.50. The van der Waals surface area contributed by atoms with E-state index < -0.39 is 5.82 Å². The minimum absolute atomic E-state index is 0.0868. The first-order valence-electron chi connectivity index (χ1n) is 5.13. The fourth-order valence-electron chi connectivity index (χ4n) is 1.49. The molecule has 0 saturated heterocycles. The lowest BCUT2D eigenvalue weighted by atomic mass is 10.1. The van der Waals surface area contributed by atoms with E-state index in [0.717, 1.165) is 18.5 Å². The summed E-state index contributed by atoms with van der Waals surface area (Å²) in [6.07, 6.45) is 2.15. The monoisotopic (exact) mass is 206 g/mol. The highest BCUT2D eigenvalue weighted by Gasteiger charge is 2.04. The quantitative estimate of drug-likeness (QED) is 0.820. The summed E-state index contributed by atoms with van der Waals surface area (Å²) < 4.78 is 13.0. The Balaban J connectivity index is 2.75. The van der Waals surface area contributed by atoms with Crippen LogP contribution in [0.3, 0.4) is 0 Å². The lowest BCUT2D eigenvalue weighted by Crippen LogP contribution is -2.14. The number of rotatable bonds is 4. The molecule has 0 bridgehead atoms. The van der Waals surface area contributed by atoms with Crippen LogP contribution < -0.4 is 5.32 Å². The maximum Gasteiger partial charge on any atom is 0.141 e. The van der Waals surface area contributed by atoms with Crippen LogP contribution in [0.2, 0.25) is 0 Å². The maximum absolute atomic E-state index is 13.0. The van der Waals surface area contributed by atoms with E-state index in [1.165, 1.54) is 6.07 Å². The number of benzene rings is 1. The lowest BCUT2D eigenvalue weighted by Gasteiger charge is -2.14. The van der Waals surface area contributed by atoms with Crippen molar-refractivity contribution in [3.63, 3.8) is 0 Å². The molecule has 0 aliphatic carbocycles. The Morgan fingerprint density at radius 3 is 2.87 bits per heavy atom. The third-order valence-electron chi connectivity index (χ3n) is 2.22. The molecule has 2 nitrogen and oxygen atoms in total. The van der Waals surface area contributed by atoms with Gasteiger partial charge >= 0.3 is 0 Å². The number of nitrogens with zero attached hydrogens (tertiary/aromatic N) is 1. The number of nitrogens with one attached hydrogen (secondary N) is 1. The van der Waals surface area contributed by atoms with E-state index in [1.54, 1.807) is 12.1 Å². The maximum atomic E-state index is 13.0. The Bertz CT molecular complexity index is 368. The zero-order valence-corrected chi connectivity index (χ0v) is 9.05. The molecule has 0 spiro atoms. The van der Waals surface area contributed by atoms with E-state index >= 15 is 0 Å². The first kappa shape index (κ1) is 11.5. The number of anilines is 1. The standard InChI is InChI=1S/C12H15FN2/c1-3-4-9(2)15-11-5-6-12(13)10(7-11)8-14/h5-7,9,15H,3-4H2,1-2H3. The van der Waals surface area contributed by atoms with Gasteiger partial charge in [0.05, 0.1) is 5.56 Å². The highest BCUT2D eigenvalue weighted by atomic mass is 19.1. The molecule has 15 heavy (non-hydrogen) atoms. The summed E-state index contributed by atoms with van der Waals surface area (Å²) in [6, 6.07) is 6.68. The van der Waals surface area contributed by atoms with Crippen molar-refractivity contribution in [3.05, 3.63) is 29.6 Å². The van der Waals surface area contributed by atoms with Crippen LogP contribution in [-0.4, -0.2) is 6.04 Å². The molecule has 1 rings (SSSR count). The molecule has 1 atom stereocenters. The molecule has 1 unspecified atom stereocenters. The minimum atomic E-state index is -0.466. The van der Waals surface area contributed by atoms with Gasteiger partial charge in [-0.15, -0.1) is 0 Å². The summed E-state index contributed by atoms with van der Waals surface area (Å²) in [5, 5.41) is 11.9. The first-order chi connectivity index (χ1) is 7.17. The SMILES string of the molecule is CCCC(C)Nc1ccc(F)c(C#N)c1. The second kappa shape index (κ2) is 5.35. The Kier molecular flexibility index (Phi) is 4.11. The molecular weight excluding hydrogens is 191 g/mol. The van der Waals surface area contributed by atoms with Crippen molar-refractivity contribution in [3.8, 4) is 6.07 Å². The Morgan fingerprint density at radius 1 is 1.53 bits per heavy atom. The minimum Gasteiger partial charge on any atom is -0.383 e. The third-order valence-corrected chi connectivity index (χ3v) is 2.22. The van der Waals surface area contributed by atoms with Gasteiger partial charge in [0.25, 0.3) is 0 Å². The van der Waals surface area contributed by atoms with Crippen LogP contribution in [0.4, 0.5) is 10.1 Å². The molecule has 0 aromatic heterocycles. The predicted octanol–water partition coefficient (Wildman–Crippen LogP) is 3.30. The zero-order chi connectivity index (χ0) is 11.3. The van der Waals surface area contributed by atoms with Crippen molar-refractivity contribution >= 4 is 5.69 Å². The topological polar surface area (TPSA) is 35.8 Å². The first-order valence-corrected chi connectivity index (χ1v) is 5.13. The number of hydrogen-bond acceptors (Lipinski definition) is 2. The highest BCUT2D eigenvalue weighted by Crippen LogP contribution is 2.15. The molecule has 0 heterocycles. The van der Waals surface area contributed by atoms with Crippen molar-refractivity contribution < 1.29 is 4.39 Å². The summed E-state index contributed by atoms with van der Waals surface area (Å²) in [5.74, 6) is -0.466. The zero-order valence-electron chi connectivity index (χ0n) is 9.05. The van der Waals surface area contributed by atoms with Gasteiger partial charge in [0.1, 0.15) is 11.9 Å².